The van der Waals surface area contributed by atoms with Crippen molar-refractivity contribution in [1.82, 2.24) is 5.32 Å². The molecule has 0 aliphatic heterocycles. The molecule has 0 bridgehead atoms. The van der Waals surface area contributed by atoms with E-state index in [9.17, 15) is 0 Å². The molecule has 1 atom stereocenters. The average molecular weight is 251 g/mol. The summed E-state index contributed by atoms with van der Waals surface area (Å²) >= 11 is 0. The Morgan fingerprint density at radius 1 is 1.22 bits per heavy atom. The summed E-state index contributed by atoms with van der Waals surface area (Å²) < 4.78 is 11.2. The van der Waals surface area contributed by atoms with Gasteiger partial charge in [-0.3, -0.25) is 0 Å². The molecular formula is C15H25NO2. The van der Waals surface area contributed by atoms with Crippen LogP contribution in [0.2, 0.25) is 0 Å². The standard InChI is InChI=1S/C15H25NO2/c1-5-9-16-11-13-7-8-14(17-4)15(10-13)18-12(3)6-2/h7-8,10,12,16H,5-6,9,11H2,1-4H3. The van der Waals surface area contributed by atoms with Gasteiger partial charge in [0.15, 0.2) is 11.5 Å². The molecule has 1 unspecified atom stereocenters. The fourth-order valence-corrected chi connectivity index (χ4v) is 1.63. The van der Waals surface area contributed by atoms with E-state index >= 15 is 0 Å². The second-order valence-electron chi connectivity index (χ2n) is 4.50. The third-order valence-electron chi connectivity index (χ3n) is 2.89. The molecular weight excluding hydrogens is 226 g/mol. The van der Waals surface area contributed by atoms with E-state index in [1.54, 1.807) is 7.11 Å². The number of hydrogen-bond acceptors (Lipinski definition) is 3. The zero-order chi connectivity index (χ0) is 13.4. The van der Waals surface area contributed by atoms with Crippen LogP contribution in [0.25, 0.3) is 0 Å². The lowest BCUT2D eigenvalue weighted by Crippen LogP contribution is -2.14. The normalized spacial score (nSPS) is 12.2. The maximum atomic E-state index is 5.88. The summed E-state index contributed by atoms with van der Waals surface area (Å²) in [5, 5.41) is 3.39. The first-order chi connectivity index (χ1) is 8.71. The van der Waals surface area contributed by atoms with Crippen molar-refractivity contribution < 1.29 is 9.47 Å². The number of ether oxygens (including phenoxy) is 2. The van der Waals surface area contributed by atoms with Crippen LogP contribution in [-0.2, 0) is 6.54 Å². The van der Waals surface area contributed by atoms with Crippen molar-refractivity contribution in [3.05, 3.63) is 23.8 Å². The number of benzene rings is 1. The number of methoxy groups -OCH3 is 1. The average Bonchev–Trinajstić information content (AvgIpc) is 2.39. The van der Waals surface area contributed by atoms with E-state index in [-0.39, 0.29) is 6.10 Å². The van der Waals surface area contributed by atoms with Gasteiger partial charge in [0.25, 0.3) is 0 Å². The van der Waals surface area contributed by atoms with Gasteiger partial charge in [-0.05, 0) is 44.0 Å². The summed E-state index contributed by atoms with van der Waals surface area (Å²) in [5.74, 6) is 1.64. The van der Waals surface area contributed by atoms with Gasteiger partial charge in [0.1, 0.15) is 0 Å². The second-order valence-corrected chi connectivity index (χ2v) is 4.50. The molecule has 0 radical (unpaired) electrons. The molecule has 0 aromatic heterocycles. The number of nitrogens with one attached hydrogen (secondary N) is 1. The Kier molecular flexibility index (Phi) is 6.58. The van der Waals surface area contributed by atoms with Gasteiger partial charge in [0, 0.05) is 6.54 Å². The molecule has 18 heavy (non-hydrogen) atoms. The van der Waals surface area contributed by atoms with Crippen LogP contribution in [0.5, 0.6) is 11.5 Å². The lowest BCUT2D eigenvalue weighted by atomic mass is 10.2. The maximum absolute atomic E-state index is 5.88. The van der Waals surface area contributed by atoms with Crippen molar-refractivity contribution in [1.29, 1.82) is 0 Å². The maximum Gasteiger partial charge on any atom is 0.161 e. The van der Waals surface area contributed by atoms with Crippen molar-refractivity contribution in [3.8, 4) is 11.5 Å². The zero-order valence-electron chi connectivity index (χ0n) is 12.0. The molecule has 1 aromatic rings. The molecule has 0 saturated carbocycles. The van der Waals surface area contributed by atoms with E-state index in [2.05, 4.69) is 38.2 Å². The topological polar surface area (TPSA) is 30.5 Å². The predicted octanol–water partition coefficient (Wildman–Crippen LogP) is 3.37. The molecule has 0 amide bonds. The molecule has 3 nitrogen and oxygen atoms in total. The minimum Gasteiger partial charge on any atom is -0.493 e. The smallest absolute Gasteiger partial charge is 0.161 e. The Labute approximate surface area is 110 Å². The van der Waals surface area contributed by atoms with E-state index in [1.165, 1.54) is 5.56 Å². The van der Waals surface area contributed by atoms with Gasteiger partial charge in [0.2, 0.25) is 0 Å². The van der Waals surface area contributed by atoms with E-state index in [1.807, 2.05) is 6.07 Å². The SMILES string of the molecule is CCCNCc1ccc(OC)c(OC(C)CC)c1. The van der Waals surface area contributed by atoms with Crippen molar-refractivity contribution in [3.63, 3.8) is 0 Å². The third kappa shape index (κ3) is 4.57. The fourth-order valence-electron chi connectivity index (χ4n) is 1.63. The molecule has 0 aliphatic carbocycles. The predicted molar refractivity (Wildman–Crippen MR) is 75.4 cm³/mol. The second kappa shape index (κ2) is 7.98. The van der Waals surface area contributed by atoms with Crippen LogP contribution >= 0.6 is 0 Å². The van der Waals surface area contributed by atoms with Gasteiger partial charge >= 0.3 is 0 Å². The van der Waals surface area contributed by atoms with E-state index < -0.39 is 0 Å². The van der Waals surface area contributed by atoms with Gasteiger partial charge < -0.3 is 14.8 Å². The van der Waals surface area contributed by atoms with Gasteiger partial charge in [-0.1, -0.05) is 19.9 Å². The molecule has 1 aromatic carbocycles. The number of rotatable bonds is 8. The quantitative estimate of drug-likeness (QED) is 0.719. The molecule has 0 spiro atoms. The summed E-state index contributed by atoms with van der Waals surface area (Å²) in [6, 6.07) is 6.11. The highest BCUT2D eigenvalue weighted by Crippen LogP contribution is 2.29. The highest BCUT2D eigenvalue weighted by Gasteiger charge is 2.08. The van der Waals surface area contributed by atoms with E-state index in [0.29, 0.717) is 0 Å². The van der Waals surface area contributed by atoms with Crippen molar-refractivity contribution in [2.75, 3.05) is 13.7 Å². The molecule has 0 saturated heterocycles. The molecule has 3 heteroatoms. The monoisotopic (exact) mass is 251 g/mol. The van der Waals surface area contributed by atoms with Gasteiger partial charge in [-0.2, -0.15) is 0 Å². The molecule has 0 fully saturated rings. The fraction of sp³-hybridized carbons (Fsp3) is 0.600. The summed E-state index contributed by atoms with van der Waals surface area (Å²) in [6.07, 6.45) is 2.34. The summed E-state index contributed by atoms with van der Waals surface area (Å²) in [7, 11) is 1.67. The summed E-state index contributed by atoms with van der Waals surface area (Å²) in [4.78, 5) is 0. The third-order valence-corrected chi connectivity index (χ3v) is 2.89. The first kappa shape index (κ1) is 14.8. The van der Waals surface area contributed by atoms with Crippen LogP contribution < -0.4 is 14.8 Å². The zero-order valence-corrected chi connectivity index (χ0v) is 12.0. The Hall–Kier alpha value is -1.22. The molecule has 1 rings (SSSR count). The molecule has 0 aliphatic rings. The summed E-state index contributed by atoms with van der Waals surface area (Å²) in [5.41, 5.74) is 1.22. The van der Waals surface area contributed by atoms with E-state index in [0.717, 1.165) is 37.4 Å². The number of hydrogen-bond donors (Lipinski definition) is 1. The molecule has 102 valence electrons. The highest BCUT2D eigenvalue weighted by molar-refractivity contribution is 5.43. The first-order valence-corrected chi connectivity index (χ1v) is 6.75. The van der Waals surface area contributed by atoms with Crippen LogP contribution in [-0.4, -0.2) is 19.8 Å². The lowest BCUT2D eigenvalue weighted by Gasteiger charge is -2.16. The lowest BCUT2D eigenvalue weighted by molar-refractivity contribution is 0.207. The van der Waals surface area contributed by atoms with Gasteiger partial charge in [0.05, 0.1) is 13.2 Å². The van der Waals surface area contributed by atoms with Crippen LogP contribution in [0.15, 0.2) is 18.2 Å². The highest BCUT2D eigenvalue weighted by atomic mass is 16.5. The Morgan fingerprint density at radius 3 is 2.61 bits per heavy atom. The van der Waals surface area contributed by atoms with Gasteiger partial charge in [-0.15, -0.1) is 0 Å². The van der Waals surface area contributed by atoms with Crippen molar-refractivity contribution in [2.45, 2.75) is 46.3 Å². The van der Waals surface area contributed by atoms with Crippen LogP contribution in [0.4, 0.5) is 0 Å². The van der Waals surface area contributed by atoms with Gasteiger partial charge in [-0.25, -0.2) is 0 Å². The van der Waals surface area contributed by atoms with Crippen molar-refractivity contribution in [2.24, 2.45) is 0 Å². The minimum atomic E-state index is 0.206. The molecule has 1 N–H and O–H groups in total. The van der Waals surface area contributed by atoms with E-state index in [4.69, 9.17) is 9.47 Å². The first-order valence-electron chi connectivity index (χ1n) is 6.75. The Morgan fingerprint density at radius 2 is 2.00 bits per heavy atom. The van der Waals surface area contributed by atoms with Crippen LogP contribution in [0, 0.1) is 0 Å². The van der Waals surface area contributed by atoms with Crippen LogP contribution in [0.3, 0.4) is 0 Å². The summed E-state index contributed by atoms with van der Waals surface area (Å²) in [6.45, 7) is 8.26. The largest absolute Gasteiger partial charge is 0.493 e. The van der Waals surface area contributed by atoms with Crippen LogP contribution in [0.1, 0.15) is 39.2 Å². The minimum absolute atomic E-state index is 0.206. The van der Waals surface area contributed by atoms with Crippen molar-refractivity contribution >= 4 is 0 Å². The molecule has 0 heterocycles. The Bertz CT molecular complexity index is 352. The Balaban J connectivity index is 2.74.